The quantitative estimate of drug-likeness (QED) is 0.414. The number of sulfonamides is 1. The van der Waals surface area contributed by atoms with Gasteiger partial charge in [-0.1, -0.05) is 40.9 Å². The highest BCUT2D eigenvalue weighted by Gasteiger charge is 2.28. The van der Waals surface area contributed by atoms with Crippen molar-refractivity contribution in [3.63, 3.8) is 0 Å². The van der Waals surface area contributed by atoms with E-state index in [9.17, 15) is 13.2 Å². The third kappa shape index (κ3) is 6.63. The molecule has 0 aromatic heterocycles. The third-order valence-electron chi connectivity index (χ3n) is 4.83. The molecule has 6 nitrogen and oxygen atoms in total. The summed E-state index contributed by atoms with van der Waals surface area (Å²) >= 11 is 11.9. The number of carbonyl (C=O) groups excluding carboxylic acids is 1. The Hall–Kier alpha value is -2.74. The summed E-state index contributed by atoms with van der Waals surface area (Å²) in [5.41, 5.74) is 1.95. The molecular weight excluding hydrogens is 483 g/mol. The SMILES string of the molecule is Cc1ccc(S(=O)(=O)N(CC(=O)NCCOc2ccc(Cl)cc2)c2ccc(Cl)cc2C)cc1. The van der Waals surface area contributed by atoms with Gasteiger partial charge in [-0.25, -0.2) is 8.42 Å². The van der Waals surface area contributed by atoms with E-state index in [4.69, 9.17) is 27.9 Å². The second-order valence-corrected chi connectivity index (χ2v) is 10.1. The Balaban J connectivity index is 1.74. The van der Waals surface area contributed by atoms with Gasteiger partial charge in [0.25, 0.3) is 10.0 Å². The lowest BCUT2D eigenvalue weighted by Crippen LogP contribution is -2.42. The van der Waals surface area contributed by atoms with E-state index in [0.717, 1.165) is 9.87 Å². The van der Waals surface area contributed by atoms with Crippen molar-refractivity contribution in [2.24, 2.45) is 0 Å². The number of carbonyl (C=O) groups is 1. The Morgan fingerprint density at radius 1 is 0.939 bits per heavy atom. The Morgan fingerprint density at radius 2 is 1.58 bits per heavy atom. The van der Waals surface area contributed by atoms with Crippen molar-refractivity contribution in [3.05, 3.63) is 87.9 Å². The van der Waals surface area contributed by atoms with Crippen molar-refractivity contribution in [3.8, 4) is 5.75 Å². The van der Waals surface area contributed by atoms with Crippen molar-refractivity contribution in [2.45, 2.75) is 18.7 Å². The van der Waals surface area contributed by atoms with Gasteiger partial charge in [-0.05, 0) is 74.0 Å². The van der Waals surface area contributed by atoms with Crippen molar-refractivity contribution in [2.75, 3.05) is 24.0 Å². The van der Waals surface area contributed by atoms with E-state index in [-0.39, 0.29) is 24.6 Å². The lowest BCUT2D eigenvalue weighted by molar-refractivity contribution is -0.119. The fourth-order valence-corrected chi connectivity index (χ4v) is 4.95. The van der Waals surface area contributed by atoms with Gasteiger partial charge in [-0.2, -0.15) is 0 Å². The lowest BCUT2D eigenvalue weighted by Gasteiger charge is -2.26. The van der Waals surface area contributed by atoms with Gasteiger partial charge < -0.3 is 10.1 Å². The maximum absolute atomic E-state index is 13.4. The molecule has 0 radical (unpaired) electrons. The fourth-order valence-electron chi connectivity index (χ4n) is 3.11. The first-order chi connectivity index (χ1) is 15.7. The van der Waals surface area contributed by atoms with Gasteiger partial charge in [0.15, 0.2) is 0 Å². The molecule has 0 bridgehead atoms. The average molecular weight is 507 g/mol. The first kappa shape index (κ1) is 24.9. The molecule has 174 valence electrons. The van der Waals surface area contributed by atoms with Crippen LogP contribution in [0.3, 0.4) is 0 Å². The van der Waals surface area contributed by atoms with Crippen molar-refractivity contribution < 1.29 is 17.9 Å². The predicted molar refractivity (Wildman–Crippen MR) is 132 cm³/mol. The van der Waals surface area contributed by atoms with Crippen LogP contribution in [0.25, 0.3) is 0 Å². The number of hydrogen-bond donors (Lipinski definition) is 1. The van der Waals surface area contributed by atoms with Crippen LogP contribution in [0.5, 0.6) is 5.75 Å². The van der Waals surface area contributed by atoms with Crippen LogP contribution in [-0.2, 0) is 14.8 Å². The zero-order chi connectivity index (χ0) is 24.0. The molecule has 0 aliphatic carbocycles. The topological polar surface area (TPSA) is 75.7 Å². The summed E-state index contributed by atoms with van der Waals surface area (Å²) in [4.78, 5) is 12.8. The molecule has 3 aromatic carbocycles. The van der Waals surface area contributed by atoms with Gasteiger partial charge in [0.05, 0.1) is 17.1 Å². The molecule has 0 fully saturated rings. The number of rotatable bonds is 9. The minimum absolute atomic E-state index is 0.0984. The van der Waals surface area contributed by atoms with E-state index in [0.29, 0.717) is 27.0 Å². The number of benzene rings is 3. The lowest BCUT2D eigenvalue weighted by atomic mass is 10.2. The largest absolute Gasteiger partial charge is 0.492 e. The molecule has 0 atom stereocenters. The Labute approximate surface area is 204 Å². The fraction of sp³-hybridized carbons (Fsp3) is 0.208. The molecular formula is C24H24Cl2N2O4S. The summed E-state index contributed by atoms with van der Waals surface area (Å²) in [6, 6.07) is 18.2. The van der Waals surface area contributed by atoms with E-state index in [1.165, 1.54) is 12.1 Å². The molecule has 1 amide bonds. The Bertz CT molecular complexity index is 1210. The molecule has 3 rings (SSSR count). The second kappa shape index (κ2) is 10.9. The highest BCUT2D eigenvalue weighted by Crippen LogP contribution is 2.29. The molecule has 9 heteroatoms. The first-order valence-corrected chi connectivity index (χ1v) is 12.4. The smallest absolute Gasteiger partial charge is 0.264 e. The summed E-state index contributed by atoms with van der Waals surface area (Å²) < 4.78 is 33.5. The standard InChI is InChI=1S/C24H24Cl2N2O4S/c1-17-3-10-22(11-4-17)33(30,31)28(23-12-7-20(26)15-18(23)2)16-24(29)27-13-14-32-21-8-5-19(25)6-9-21/h3-12,15H,13-14,16H2,1-2H3,(H,27,29). The monoisotopic (exact) mass is 506 g/mol. The zero-order valence-electron chi connectivity index (χ0n) is 18.2. The van der Waals surface area contributed by atoms with Gasteiger partial charge in [-0.3, -0.25) is 9.10 Å². The van der Waals surface area contributed by atoms with Crippen LogP contribution >= 0.6 is 23.2 Å². The summed E-state index contributed by atoms with van der Waals surface area (Å²) in [5.74, 6) is 0.161. The van der Waals surface area contributed by atoms with Gasteiger partial charge >= 0.3 is 0 Å². The minimum atomic E-state index is -3.99. The molecule has 33 heavy (non-hydrogen) atoms. The summed E-state index contributed by atoms with van der Waals surface area (Å²) in [6.45, 7) is 3.66. The third-order valence-corrected chi connectivity index (χ3v) is 7.09. The maximum Gasteiger partial charge on any atom is 0.264 e. The van der Waals surface area contributed by atoms with Gasteiger partial charge in [-0.15, -0.1) is 0 Å². The highest BCUT2D eigenvalue weighted by atomic mass is 35.5. The number of nitrogens with zero attached hydrogens (tertiary/aromatic N) is 1. The van der Waals surface area contributed by atoms with Crippen molar-refractivity contribution in [1.82, 2.24) is 5.32 Å². The van der Waals surface area contributed by atoms with Crippen LogP contribution in [0.15, 0.2) is 71.6 Å². The number of aryl methyl sites for hydroxylation is 2. The van der Waals surface area contributed by atoms with Crippen LogP contribution in [-0.4, -0.2) is 34.0 Å². The summed E-state index contributed by atoms with van der Waals surface area (Å²) in [6.07, 6.45) is 0. The number of hydrogen-bond acceptors (Lipinski definition) is 4. The van der Waals surface area contributed by atoms with Crippen LogP contribution < -0.4 is 14.4 Å². The number of ether oxygens (including phenoxy) is 1. The van der Waals surface area contributed by atoms with Gasteiger partial charge in [0, 0.05) is 10.0 Å². The van der Waals surface area contributed by atoms with Crippen LogP contribution in [0.2, 0.25) is 10.0 Å². The molecule has 0 saturated carbocycles. The Kier molecular flexibility index (Phi) is 8.24. The van der Waals surface area contributed by atoms with Crippen molar-refractivity contribution >= 4 is 44.8 Å². The highest BCUT2D eigenvalue weighted by molar-refractivity contribution is 7.92. The molecule has 0 unspecified atom stereocenters. The zero-order valence-corrected chi connectivity index (χ0v) is 20.5. The molecule has 0 saturated heterocycles. The number of amides is 1. The van der Waals surface area contributed by atoms with Crippen LogP contribution in [0.1, 0.15) is 11.1 Å². The number of halogens is 2. The summed E-state index contributed by atoms with van der Waals surface area (Å²) in [5, 5.41) is 3.79. The molecule has 3 aromatic rings. The number of nitrogens with one attached hydrogen (secondary N) is 1. The van der Waals surface area contributed by atoms with Crippen LogP contribution in [0.4, 0.5) is 5.69 Å². The first-order valence-electron chi connectivity index (χ1n) is 10.2. The minimum Gasteiger partial charge on any atom is -0.492 e. The summed E-state index contributed by atoms with van der Waals surface area (Å²) in [7, 11) is -3.99. The van der Waals surface area contributed by atoms with E-state index >= 15 is 0 Å². The van der Waals surface area contributed by atoms with Gasteiger partial charge in [0.1, 0.15) is 18.9 Å². The number of anilines is 1. The van der Waals surface area contributed by atoms with Crippen LogP contribution in [0, 0.1) is 13.8 Å². The van der Waals surface area contributed by atoms with Gasteiger partial charge in [0.2, 0.25) is 5.91 Å². The van der Waals surface area contributed by atoms with Crippen molar-refractivity contribution in [1.29, 1.82) is 0 Å². The predicted octanol–water partition coefficient (Wildman–Crippen LogP) is 5.00. The normalized spacial score (nSPS) is 11.2. The van der Waals surface area contributed by atoms with E-state index < -0.39 is 15.9 Å². The molecule has 0 aliphatic heterocycles. The molecule has 0 aliphatic rings. The van der Waals surface area contributed by atoms with E-state index in [1.807, 2.05) is 6.92 Å². The average Bonchev–Trinajstić information content (AvgIpc) is 2.77. The van der Waals surface area contributed by atoms with E-state index in [1.54, 1.807) is 61.5 Å². The Morgan fingerprint density at radius 3 is 2.21 bits per heavy atom. The molecule has 1 N–H and O–H groups in total. The maximum atomic E-state index is 13.4. The van der Waals surface area contributed by atoms with E-state index in [2.05, 4.69) is 5.32 Å². The molecule has 0 spiro atoms. The molecule has 0 heterocycles. The second-order valence-electron chi connectivity index (χ2n) is 7.41.